The predicted octanol–water partition coefficient (Wildman–Crippen LogP) is 11.2. The first-order chi connectivity index (χ1) is 17.9. The average molecular weight is 481 g/mol. The summed E-state index contributed by atoms with van der Waals surface area (Å²) in [6, 6.07) is 31.7. The molecule has 3 fully saturated rings. The van der Waals surface area contributed by atoms with Crippen molar-refractivity contribution in [1.82, 2.24) is 0 Å². The summed E-state index contributed by atoms with van der Waals surface area (Å²) in [6.07, 6.45) is 22.5. The summed E-state index contributed by atoms with van der Waals surface area (Å²) in [5.74, 6) is 3.14. The van der Waals surface area contributed by atoms with E-state index in [1.807, 2.05) is 12.1 Å². The van der Waals surface area contributed by atoms with Crippen LogP contribution < -0.4 is 0 Å². The molecule has 3 saturated carbocycles. The van der Waals surface area contributed by atoms with Crippen LogP contribution in [0.25, 0.3) is 11.1 Å². The van der Waals surface area contributed by atoms with Crippen LogP contribution in [0, 0.1) is 11.8 Å². The lowest BCUT2D eigenvalue weighted by molar-refractivity contribution is 0.196. The summed E-state index contributed by atoms with van der Waals surface area (Å²) in [5.41, 5.74) is 4.11. The highest BCUT2D eigenvalue weighted by Gasteiger charge is 2.24. The lowest BCUT2D eigenvalue weighted by Gasteiger charge is -2.32. The van der Waals surface area contributed by atoms with Crippen molar-refractivity contribution in [2.45, 2.75) is 102 Å². The van der Waals surface area contributed by atoms with Gasteiger partial charge < -0.3 is 0 Å². The third-order valence-electron chi connectivity index (χ3n) is 8.72. The van der Waals surface area contributed by atoms with Crippen molar-refractivity contribution in [2.75, 3.05) is 0 Å². The van der Waals surface area contributed by atoms with Crippen LogP contribution in [0.4, 0.5) is 0 Å². The van der Waals surface area contributed by atoms with Crippen LogP contribution in [0.3, 0.4) is 0 Å². The van der Waals surface area contributed by atoms with E-state index in [0.717, 1.165) is 17.8 Å². The summed E-state index contributed by atoms with van der Waals surface area (Å²) in [7, 11) is 0. The molecule has 0 atom stereocenters. The predicted molar refractivity (Wildman–Crippen MR) is 157 cm³/mol. The number of rotatable bonds is 3. The highest BCUT2D eigenvalue weighted by Crippen LogP contribution is 2.38. The Morgan fingerprint density at radius 1 is 0.333 bits per heavy atom. The fourth-order valence-electron chi connectivity index (χ4n) is 6.63. The maximum absolute atomic E-state index is 2.27. The van der Waals surface area contributed by atoms with E-state index in [4.69, 9.17) is 0 Å². The van der Waals surface area contributed by atoms with Gasteiger partial charge in [-0.25, -0.2) is 0 Å². The molecule has 0 heteroatoms. The van der Waals surface area contributed by atoms with Gasteiger partial charge in [0.2, 0.25) is 0 Å². The Morgan fingerprint density at radius 2 is 0.667 bits per heavy atom. The second-order valence-electron chi connectivity index (χ2n) is 11.3. The highest BCUT2D eigenvalue weighted by molar-refractivity contribution is 5.62. The van der Waals surface area contributed by atoms with Gasteiger partial charge in [-0.05, 0) is 47.3 Å². The van der Waals surface area contributed by atoms with E-state index in [0.29, 0.717) is 0 Å². The summed E-state index contributed by atoms with van der Waals surface area (Å²) < 4.78 is 0. The molecule has 0 aliphatic heterocycles. The molecular weight excluding hydrogens is 432 g/mol. The molecule has 3 aromatic carbocycles. The van der Waals surface area contributed by atoms with Crippen LogP contribution in [0.1, 0.15) is 108 Å². The fourth-order valence-corrected chi connectivity index (χ4v) is 6.63. The van der Waals surface area contributed by atoms with Gasteiger partial charge in [0.05, 0.1) is 0 Å². The summed E-state index contributed by atoms with van der Waals surface area (Å²) in [5, 5.41) is 0. The molecule has 0 bridgehead atoms. The lowest BCUT2D eigenvalue weighted by Crippen LogP contribution is -2.20. The van der Waals surface area contributed by atoms with Gasteiger partial charge in [0, 0.05) is 0 Å². The molecule has 6 rings (SSSR count). The zero-order valence-corrected chi connectivity index (χ0v) is 22.5. The molecule has 3 aliphatic carbocycles. The van der Waals surface area contributed by atoms with Crippen molar-refractivity contribution in [3.63, 3.8) is 0 Å². The monoisotopic (exact) mass is 480 g/mol. The van der Waals surface area contributed by atoms with Crippen LogP contribution in [-0.4, -0.2) is 0 Å². The Labute approximate surface area is 221 Å². The maximum atomic E-state index is 2.27. The van der Waals surface area contributed by atoms with E-state index in [2.05, 4.69) is 78.9 Å². The average Bonchev–Trinajstić information content (AvgIpc) is 3.01. The minimum Gasteiger partial charge on any atom is -0.0622 e. The molecule has 0 radical (unpaired) electrons. The quantitative estimate of drug-likeness (QED) is 0.349. The summed E-state index contributed by atoms with van der Waals surface area (Å²) in [4.78, 5) is 0. The number of hydrogen-bond donors (Lipinski definition) is 0. The van der Waals surface area contributed by atoms with Crippen molar-refractivity contribution in [3.05, 3.63) is 96.6 Å². The van der Waals surface area contributed by atoms with Crippen LogP contribution in [0.5, 0.6) is 0 Å². The number of hydrogen-bond acceptors (Lipinski definition) is 0. The zero-order chi connectivity index (χ0) is 24.7. The SMILES string of the molecule is C1CCC(C2CCCCC2)CC1.c1ccc(-c2ccccc2)cc1.c1ccc(C2CCCCC2)cc1. The van der Waals surface area contributed by atoms with Gasteiger partial charge in [-0.3, -0.25) is 0 Å². The Balaban J connectivity index is 0.000000127. The lowest BCUT2D eigenvalue weighted by atomic mass is 9.73. The Kier molecular flexibility index (Phi) is 11.7. The highest BCUT2D eigenvalue weighted by atomic mass is 14.3. The van der Waals surface area contributed by atoms with E-state index in [-0.39, 0.29) is 0 Å². The van der Waals surface area contributed by atoms with Gasteiger partial charge in [-0.15, -0.1) is 0 Å². The van der Waals surface area contributed by atoms with Gasteiger partial charge in [-0.2, -0.15) is 0 Å². The molecule has 0 amide bonds. The largest absolute Gasteiger partial charge is 0.0622 e. The van der Waals surface area contributed by atoms with Crippen molar-refractivity contribution in [3.8, 4) is 11.1 Å². The zero-order valence-electron chi connectivity index (χ0n) is 22.5. The molecule has 36 heavy (non-hydrogen) atoms. The van der Waals surface area contributed by atoms with Crippen LogP contribution in [0.15, 0.2) is 91.0 Å². The minimum absolute atomic E-state index is 0.861. The number of benzene rings is 3. The van der Waals surface area contributed by atoms with E-state index >= 15 is 0 Å². The second kappa shape index (κ2) is 15.7. The van der Waals surface area contributed by atoms with Gasteiger partial charge in [0.15, 0.2) is 0 Å². The molecule has 0 aromatic heterocycles. The van der Waals surface area contributed by atoms with Crippen molar-refractivity contribution >= 4 is 0 Å². The molecule has 0 nitrogen and oxygen atoms in total. The van der Waals surface area contributed by atoms with Gasteiger partial charge in [-0.1, -0.05) is 174 Å². The summed E-state index contributed by atoms with van der Waals surface area (Å²) in [6.45, 7) is 0. The third-order valence-corrected chi connectivity index (χ3v) is 8.72. The van der Waals surface area contributed by atoms with E-state index in [1.165, 1.54) is 81.8 Å². The van der Waals surface area contributed by atoms with Gasteiger partial charge >= 0.3 is 0 Å². The maximum Gasteiger partial charge on any atom is -0.0162 e. The topological polar surface area (TPSA) is 0 Å². The molecular formula is C36H48. The van der Waals surface area contributed by atoms with E-state index in [9.17, 15) is 0 Å². The summed E-state index contributed by atoms with van der Waals surface area (Å²) >= 11 is 0. The standard InChI is InChI=1S/C12H22.C12H16.C12H10/c3*1-3-7-11(8-4-1)12-9-5-2-6-10-12/h11-12H,1-10H2;1,3-4,7-8,12H,2,5-6,9-10H2;1-10H. The van der Waals surface area contributed by atoms with Crippen LogP contribution in [0.2, 0.25) is 0 Å². The van der Waals surface area contributed by atoms with Crippen LogP contribution in [-0.2, 0) is 0 Å². The Morgan fingerprint density at radius 3 is 1.06 bits per heavy atom. The first-order valence-corrected chi connectivity index (χ1v) is 15.1. The smallest absolute Gasteiger partial charge is 0.0162 e. The first-order valence-electron chi connectivity index (χ1n) is 15.1. The molecule has 0 spiro atoms. The molecule has 3 aliphatic rings. The normalized spacial score (nSPS) is 19.3. The van der Waals surface area contributed by atoms with Gasteiger partial charge in [0.25, 0.3) is 0 Å². The Bertz CT molecular complexity index is 858. The molecule has 0 saturated heterocycles. The van der Waals surface area contributed by atoms with Crippen LogP contribution >= 0.6 is 0 Å². The molecule has 0 unspecified atom stereocenters. The molecule has 0 heterocycles. The first kappa shape index (κ1) is 26.7. The van der Waals surface area contributed by atoms with E-state index < -0.39 is 0 Å². The van der Waals surface area contributed by atoms with Gasteiger partial charge in [0.1, 0.15) is 0 Å². The van der Waals surface area contributed by atoms with E-state index in [1.54, 1.807) is 31.2 Å². The van der Waals surface area contributed by atoms with Crippen molar-refractivity contribution in [2.24, 2.45) is 11.8 Å². The fraction of sp³-hybridized carbons (Fsp3) is 0.500. The minimum atomic E-state index is 0.861. The third kappa shape index (κ3) is 8.95. The molecule has 192 valence electrons. The second-order valence-corrected chi connectivity index (χ2v) is 11.3. The Hall–Kier alpha value is -2.34. The van der Waals surface area contributed by atoms with Crippen molar-refractivity contribution < 1.29 is 0 Å². The molecule has 0 N–H and O–H groups in total. The van der Waals surface area contributed by atoms with Crippen molar-refractivity contribution in [1.29, 1.82) is 0 Å². The molecule has 3 aromatic rings.